The van der Waals surface area contributed by atoms with E-state index in [-0.39, 0.29) is 47.1 Å². The SMILES string of the molecule is [CH2+]C1C(=O)N2C(C(=O)O)=C(/C=C3\CCN(C4CCN(C(=O)OCc5oc(=O)oc5C)C4)C3=O)CSC12. The molecule has 3 amide bonds. The summed E-state index contributed by atoms with van der Waals surface area (Å²) in [4.78, 5) is 65.3. The highest BCUT2D eigenvalue weighted by Gasteiger charge is 2.55. The number of carboxylic acids is 1. The van der Waals surface area contributed by atoms with Crippen LogP contribution in [0.1, 0.15) is 24.4 Å². The summed E-state index contributed by atoms with van der Waals surface area (Å²) in [6.07, 6.45) is 2.02. The lowest BCUT2D eigenvalue weighted by Gasteiger charge is -2.44. The zero-order valence-electron chi connectivity index (χ0n) is 19.4. The fraction of sp³-hybridized carbons (Fsp3) is 0.478. The molecule has 5 heterocycles. The standard InChI is InChI=1S/C23H23N3O9S/c1-11-18(27)26-17(21(29)30)14(10-36-20(11)26)7-13-3-6-25(19(13)28)15-4-5-24(8-15)22(31)33-9-16-12(2)34-23(32)35-16/h7,11,15,20H,1,3-6,8-10H2,2H3/p+1/b13-7+. The third kappa shape index (κ3) is 4.06. The van der Waals surface area contributed by atoms with Crippen molar-refractivity contribution in [1.29, 1.82) is 0 Å². The van der Waals surface area contributed by atoms with Gasteiger partial charge in [-0.15, -0.1) is 11.8 Å². The van der Waals surface area contributed by atoms with Crippen LogP contribution in [0.2, 0.25) is 0 Å². The number of carbonyl (C=O) groups is 4. The van der Waals surface area contributed by atoms with Crippen LogP contribution in [0.25, 0.3) is 0 Å². The fourth-order valence-corrected chi connectivity index (χ4v) is 6.19. The lowest BCUT2D eigenvalue weighted by molar-refractivity contribution is -0.150. The van der Waals surface area contributed by atoms with Crippen molar-refractivity contribution in [2.24, 2.45) is 5.92 Å². The molecule has 3 atom stereocenters. The highest BCUT2D eigenvalue weighted by atomic mass is 32.2. The van der Waals surface area contributed by atoms with Crippen molar-refractivity contribution in [3.05, 3.63) is 52.0 Å². The molecule has 5 rings (SSSR count). The average molecular weight is 519 g/mol. The number of aliphatic carboxylic acids is 1. The number of hydrogen-bond acceptors (Lipinski definition) is 9. The van der Waals surface area contributed by atoms with E-state index in [1.165, 1.54) is 28.5 Å². The molecule has 1 aromatic rings. The van der Waals surface area contributed by atoms with Gasteiger partial charge in [-0.3, -0.25) is 14.5 Å². The minimum absolute atomic E-state index is 0.0825. The van der Waals surface area contributed by atoms with Gasteiger partial charge in [0.05, 0.1) is 13.0 Å². The second-order valence-corrected chi connectivity index (χ2v) is 10.1. The number of β-lactam (4-membered cyclic amide) rings is 1. The Morgan fingerprint density at radius 2 is 2.03 bits per heavy atom. The molecule has 1 aromatic heterocycles. The molecule has 1 N–H and O–H groups in total. The van der Waals surface area contributed by atoms with Crippen molar-refractivity contribution in [3.63, 3.8) is 0 Å². The van der Waals surface area contributed by atoms with Crippen LogP contribution >= 0.6 is 11.8 Å². The van der Waals surface area contributed by atoms with Gasteiger partial charge in [-0.05, 0) is 31.4 Å². The van der Waals surface area contributed by atoms with E-state index < -0.39 is 23.8 Å². The molecule has 0 bridgehead atoms. The zero-order valence-corrected chi connectivity index (χ0v) is 20.2. The van der Waals surface area contributed by atoms with Crippen molar-refractivity contribution in [3.8, 4) is 0 Å². The van der Waals surface area contributed by atoms with E-state index in [2.05, 4.69) is 6.92 Å². The molecule has 0 aromatic carbocycles. The zero-order chi connectivity index (χ0) is 25.7. The fourth-order valence-electron chi connectivity index (χ4n) is 4.91. The lowest BCUT2D eigenvalue weighted by Crippen LogP contribution is -2.60. The Kier molecular flexibility index (Phi) is 6.10. The molecule has 36 heavy (non-hydrogen) atoms. The smallest absolute Gasteiger partial charge is 0.477 e. The van der Waals surface area contributed by atoms with Crippen molar-refractivity contribution in [2.45, 2.75) is 37.8 Å². The Balaban J connectivity index is 1.23. The maximum atomic E-state index is 13.1. The molecule has 3 unspecified atom stereocenters. The van der Waals surface area contributed by atoms with Crippen molar-refractivity contribution in [2.75, 3.05) is 25.4 Å². The molecule has 190 valence electrons. The number of allylic oxidation sites excluding steroid dienone is 1. The minimum atomic E-state index is -1.20. The molecule has 0 spiro atoms. The van der Waals surface area contributed by atoms with E-state index in [1.54, 1.807) is 11.0 Å². The van der Waals surface area contributed by atoms with E-state index in [9.17, 15) is 29.1 Å². The van der Waals surface area contributed by atoms with Gasteiger partial charge < -0.3 is 28.5 Å². The van der Waals surface area contributed by atoms with Gasteiger partial charge in [0.2, 0.25) is 11.8 Å². The maximum absolute atomic E-state index is 13.1. The molecule has 3 saturated heterocycles. The molecule has 0 saturated carbocycles. The molecular formula is C23H24N3O9S+. The molecule has 0 radical (unpaired) electrons. The summed E-state index contributed by atoms with van der Waals surface area (Å²) in [5, 5.41) is 9.44. The highest BCUT2D eigenvalue weighted by Crippen LogP contribution is 2.44. The number of likely N-dealkylation sites (tertiary alicyclic amines) is 2. The number of carbonyl (C=O) groups excluding carboxylic acids is 3. The van der Waals surface area contributed by atoms with E-state index in [0.717, 1.165) is 0 Å². The summed E-state index contributed by atoms with van der Waals surface area (Å²) in [6.45, 7) is 6.22. The van der Waals surface area contributed by atoms with Crippen molar-refractivity contribution in [1.82, 2.24) is 14.7 Å². The molecule has 12 nitrogen and oxygen atoms in total. The summed E-state index contributed by atoms with van der Waals surface area (Å²) in [5.74, 6) is -2.32. The minimum Gasteiger partial charge on any atom is -0.477 e. The summed E-state index contributed by atoms with van der Waals surface area (Å²) < 4.78 is 14.8. The molecular weight excluding hydrogens is 494 g/mol. The van der Waals surface area contributed by atoms with Crippen molar-refractivity contribution >= 4 is 35.6 Å². The highest BCUT2D eigenvalue weighted by molar-refractivity contribution is 8.00. The maximum Gasteiger partial charge on any atom is 0.519 e. The monoisotopic (exact) mass is 518 g/mol. The molecule has 3 fully saturated rings. The predicted molar refractivity (Wildman–Crippen MR) is 123 cm³/mol. The summed E-state index contributed by atoms with van der Waals surface area (Å²) in [6, 6.07) is -0.202. The quantitative estimate of drug-likeness (QED) is 0.341. The van der Waals surface area contributed by atoms with Crippen LogP contribution in [0.4, 0.5) is 4.79 Å². The van der Waals surface area contributed by atoms with Gasteiger partial charge >= 0.3 is 17.9 Å². The largest absolute Gasteiger partial charge is 0.519 e. The average Bonchev–Trinajstić information content (AvgIpc) is 3.55. The van der Waals surface area contributed by atoms with Gasteiger partial charge in [-0.2, -0.15) is 0 Å². The van der Waals surface area contributed by atoms with E-state index in [4.69, 9.17) is 13.6 Å². The predicted octanol–water partition coefficient (Wildman–Crippen LogP) is 1.11. The summed E-state index contributed by atoms with van der Waals surface area (Å²) in [5.41, 5.74) is 0.835. The number of fused-ring (bicyclic) bond motifs is 1. The molecule has 4 aliphatic rings. The van der Waals surface area contributed by atoms with Gasteiger partial charge in [-0.1, -0.05) is 0 Å². The molecule has 13 heteroatoms. The topological polar surface area (TPSA) is 151 Å². The van der Waals surface area contributed by atoms with E-state index in [0.29, 0.717) is 49.4 Å². The van der Waals surface area contributed by atoms with Crippen LogP contribution in [0, 0.1) is 19.8 Å². The summed E-state index contributed by atoms with van der Waals surface area (Å²) >= 11 is 1.44. The number of ether oxygens (including phenoxy) is 1. The first-order valence-corrected chi connectivity index (χ1v) is 12.5. The van der Waals surface area contributed by atoms with Gasteiger partial charge in [-0.25, -0.2) is 14.4 Å². The van der Waals surface area contributed by atoms with E-state index >= 15 is 0 Å². The van der Waals surface area contributed by atoms with Crippen LogP contribution in [-0.4, -0.2) is 80.5 Å². The van der Waals surface area contributed by atoms with Gasteiger partial charge in [0, 0.05) is 31.0 Å². The first-order valence-electron chi connectivity index (χ1n) is 11.4. The third-order valence-electron chi connectivity index (χ3n) is 6.84. The Hall–Kier alpha value is -3.61. The van der Waals surface area contributed by atoms with Gasteiger partial charge in [0.1, 0.15) is 11.1 Å². The molecule has 0 aliphatic carbocycles. The normalized spacial score (nSPS) is 27.1. The van der Waals surface area contributed by atoms with Crippen LogP contribution in [0.3, 0.4) is 0 Å². The number of carboxylic acid groups (broad SMARTS) is 1. The second-order valence-electron chi connectivity index (χ2n) is 8.99. The first-order chi connectivity index (χ1) is 17.2. The number of nitrogens with zero attached hydrogens (tertiary/aromatic N) is 3. The number of thioether (sulfide) groups is 1. The second kappa shape index (κ2) is 9.12. The number of amides is 3. The Labute approximate surface area is 209 Å². The Morgan fingerprint density at radius 3 is 2.72 bits per heavy atom. The van der Waals surface area contributed by atoms with Crippen LogP contribution in [0.15, 0.2) is 36.5 Å². The van der Waals surface area contributed by atoms with Crippen molar-refractivity contribution < 1.29 is 37.9 Å². The van der Waals surface area contributed by atoms with Crippen LogP contribution < -0.4 is 5.82 Å². The third-order valence-corrected chi connectivity index (χ3v) is 8.20. The van der Waals surface area contributed by atoms with Crippen LogP contribution in [0.5, 0.6) is 0 Å². The molecule has 4 aliphatic heterocycles. The Bertz CT molecular complexity index is 1260. The van der Waals surface area contributed by atoms with Gasteiger partial charge in [0.25, 0.3) is 5.91 Å². The number of rotatable bonds is 5. The number of hydrogen-bond donors (Lipinski definition) is 1. The van der Waals surface area contributed by atoms with Gasteiger partial charge in [0.15, 0.2) is 18.1 Å². The van der Waals surface area contributed by atoms with E-state index in [1.807, 2.05) is 0 Å². The number of aryl methyl sites for hydroxylation is 1. The lowest BCUT2D eigenvalue weighted by atomic mass is 9.97. The Morgan fingerprint density at radius 1 is 1.25 bits per heavy atom. The van der Waals surface area contributed by atoms with Crippen LogP contribution in [-0.2, 0) is 25.7 Å². The first kappa shape index (κ1) is 24.1. The summed E-state index contributed by atoms with van der Waals surface area (Å²) in [7, 11) is 0.